The molecule has 8 heteroatoms. The summed E-state index contributed by atoms with van der Waals surface area (Å²) in [5, 5.41) is 0.751. The van der Waals surface area contributed by atoms with Crippen LogP contribution in [0.4, 0.5) is 13.2 Å². The first-order chi connectivity index (χ1) is 10.5. The van der Waals surface area contributed by atoms with Crippen LogP contribution in [-0.4, -0.2) is 27.0 Å². The molecule has 114 valence electrons. The molecule has 0 saturated carbocycles. The third kappa shape index (κ3) is 3.01. The molecule has 0 amide bonds. The zero-order chi connectivity index (χ0) is 15.7. The summed E-state index contributed by atoms with van der Waals surface area (Å²) in [5.74, 6) is -0.258. The second-order valence-electron chi connectivity index (χ2n) is 4.39. The summed E-state index contributed by atoms with van der Waals surface area (Å²) in [6.07, 6.45) is 0.568. The monoisotopic (exact) mass is 325 g/mol. The zero-order valence-corrected chi connectivity index (χ0v) is 12.1. The van der Waals surface area contributed by atoms with E-state index < -0.39 is 6.36 Å². The maximum atomic E-state index is 12.2. The summed E-state index contributed by atoms with van der Waals surface area (Å²) in [4.78, 5) is 8.55. The largest absolute Gasteiger partial charge is 0.573 e. The van der Waals surface area contributed by atoms with Gasteiger partial charge in [0.25, 0.3) is 0 Å². The molecule has 4 nitrogen and oxygen atoms in total. The predicted molar refractivity (Wildman–Crippen MR) is 76.9 cm³/mol. The maximum absolute atomic E-state index is 12.2. The van der Waals surface area contributed by atoms with Gasteiger partial charge in [0.1, 0.15) is 12.1 Å². The molecule has 0 aliphatic carbocycles. The van der Waals surface area contributed by atoms with E-state index >= 15 is 0 Å². The quantitative estimate of drug-likeness (QED) is 0.539. The number of halogens is 3. The van der Waals surface area contributed by atoms with Crippen molar-refractivity contribution in [2.75, 3.05) is 6.26 Å². The van der Waals surface area contributed by atoms with Crippen LogP contribution in [0.3, 0.4) is 0 Å². The highest BCUT2D eigenvalue weighted by atomic mass is 32.2. The molecular weight excluding hydrogens is 315 g/mol. The van der Waals surface area contributed by atoms with Gasteiger partial charge in [0, 0.05) is 5.56 Å². The van der Waals surface area contributed by atoms with E-state index in [2.05, 4.69) is 14.7 Å². The second kappa shape index (κ2) is 5.53. The van der Waals surface area contributed by atoms with Gasteiger partial charge in [0.15, 0.2) is 5.16 Å². The van der Waals surface area contributed by atoms with Crippen LogP contribution in [0.15, 0.2) is 48.0 Å². The van der Waals surface area contributed by atoms with Crippen molar-refractivity contribution >= 4 is 17.3 Å². The summed E-state index contributed by atoms with van der Waals surface area (Å²) in [6, 6.07) is 7.45. The Kier molecular flexibility index (Phi) is 3.69. The van der Waals surface area contributed by atoms with Crippen molar-refractivity contribution in [3.63, 3.8) is 0 Å². The molecule has 0 atom stereocenters. The standard InChI is InChI=1S/C14H10F3N3OS/c1-22-13-19-12(6-10-7-18-8-20(10)13)9-2-4-11(5-3-9)21-14(15,16)17/h2-8H,1H3. The van der Waals surface area contributed by atoms with Crippen molar-refractivity contribution in [2.45, 2.75) is 11.5 Å². The molecule has 0 fully saturated rings. The number of aromatic nitrogens is 3. The molecule has 0 spiro atoms. The van der Waals surface area contributed by atoms with Crippen LogP contribution < -0.4 is 4.74 Å². The van der Waals surface area contributed by atoms with Gasteiger partial charge >= 0.3 is 6.36 Å². The fourth-order valence-corrected chi connectivity index (χ4v) is 2.56. The van der Waals surface area contributed by atoms with Gasteiger partial charge in [-0.2, -0.15) is 0 Å². The minimum absolute atomic E-state index is 0.258. The van der Waals surface area contributed by atoms with Crippen molar-refractivity contribution < 1.29 is 17.9 Å². The van der Waals surface area contributed by atoms with E-state index in [9.17, 15) is 13.2 Å². The molecule has 22 heavy (non-hydrogen) atoms. The Labute approximate surface area is 128 Å². The van der Waals surface area contributed by atoms with Crippen molar-refractivity contribution in [2.24, 2.45) is 0 Å². The second-order valence-corrected chi connectivity index (χ2v) is 5.16. The molecule has 0 N–H and O–H groups in total. The molecule has 1 aromatic carbocycles. The van der Waals surface area contributed by atoms with Crippen LogP contribution >= 0.6 is 11.8 Å². The number of rotatable bonds is 3. The van der Waals surface area contributed by atoms with E-state index in [1.807, 2.05) is 16.7 Å². The molecule has 0 aliphatic rings. The molecule has 0 aliphatic heterocycles. The van der Waals surface area contributed by atoms with E-state index in [0.29, 0.717) is 11.3 Å². The van der Waals surface area contributed by atoms with E-state index in [0.717, 1.165) is 10.7 Å². The third-order valence-corrected chi connectivity index (χ3v) is 3.59. The Morgan fingerprint density at radius 3 is 2.55 bits per heavy atom. The number of ether oxygens (including phenoxy) is 1. The van der Waals surface area contributed by atoms with Gasteiger partial charge in [-0.3, -0.25) is 4.40 Å². The lowest BCUT2D eigenvalue weighted by Crippen LogP contribution is -2.16. The van der Waals surface area contributed by atoms with Crippen LogP contribution in [0.5, 0.6) is 5.75 Å². The lowest BCUT2D eigenvalue weighted by Gasteiger charge is -2.10. The average Bonchev–Trinajstić information content (AvgIpc) is 2.93. The van der Waals surface area contributed by atoms with Crippen molar-refractivity contribution in [1.82, 2.24) is 14.4 Å². The lowest BCUT2D eigenvalue weighted by atomic mass is 10.1. The fraction of sp³-hybridized carbons (Fsp3) is 0.143. The van der Waals surface area contributed by atoms with Gasteiger partial charge in [-0.25, -0.2) is 9.97 Å². The number of imidazole rings is 1. The Balaban J connectivity index is 1.97. The number of nitrogens with zero attached hydrogens (tertiary/aromatic N) is 3. The van der Waals surface area contributed by atoms with Gasteiger partial charge in [-0.15, -0.1) is 13.2 Å². The number of alkyl halides is 3. The van der Waals surface area contributed by atoms with E-state index in [-0.39, 0.29) is 5.75 Å². The summed E-state index contributed by atoms with van der Waals surface area (Å²) >= 11 is 1.46. The first-order valence-electron chi connectivity index (χ1n) is 6.19. The summed E-state index contributed by atoms with van der Waals surface area (Å²) in [7, 11) is 0. The van der Waals surface area contributed by atoms with Gasteiger partial charge in [0.05, 0.1) is 17.4 Å². The molecule has 0 unspecified atom stereocenters. The normalized spacial score (nSPS) is 11.8. The first-order valence-corrected chi connectivity index (χ1v) is 7.42. The number of thioether (sulfide) groups is 1. The summed E-state index contributed by atoms with van der Waals surface area (Å²) in [6.45, 7) is 0. The van der Waals surface area contributed by atoms with E-state index in [4.69, 9.17) is 0 Å². The molecule has 3 rings (SSSR count). The van der Waals surface area contributed by atoms with Crippen molar-refractivity contribution in [3.8, 4) is 17.0 Å². The summed E-state index contributed by atoms with van der Waals surface area (Å²) in [5.41, 5.74) is 2.23. The van der Waals surface area contributed by atoms with Crippen molar-refractivity contribution in [3.05, 3.63) is 42.9 Å². The smallest absolute Gasteiger partial charge is 0.406 e. The maximum Gasteiger partial charge on any atom is 0.573 e. The molecule has 0 radical (unpaired) electrons. The van der Waals surface area contributed by atoms with E-state index in [1.54, 1.807) is 24.7 Å². The lowest BCUT2D eigenvalue weighted by molar-refractivity contribution is -0.274. The molecule has 3 aromatic rings. The minimum atomic E-state index is -4.69. The topological polar surface area (TPSA) is 39.4 Å². The number of hydrogen-bond acceptors (Lipinski definition) is 4. The molecule has 0 bridgehead atoms. The van der Waals surface area contributed by atoms with Crippen LogP contribution in [0.1, 0.15) is 0 Å². The Bertz CT molecular complexity index is 799. The van der Waals surface area contributed by atoms with Gasteiger partial charge < -0.3 is 4.74 Å². The predicted octanol–water partition coefficient (Wildman–Crippen LogP) is 4.02. The fourth-order valence-electron chi connectivity index (χ4n) is 2.02. The molecular formula is C14H10F3N3OS. The van der Waals surface area contributed by atoms with Crippen LogP contribution in [-0.2, 0) is 0 Å². The van der Waals surface area contributed by atoms with Crippen molar-refractivity contribution in [1.29, 1.82) is 0 Å². The number of fused-ring (bicyclic) bond motifs is 1. The minimum Gasteiger partial charge on any atom is -0.406 e. The van der Waals surface area contributed by atoms with Crippen LogP contribution in [0.2, 0.25) is 0 Å². The van der Waals surface area contributed by atoms with E-state index in [1.165, 1.54) is 23.9 Å². The van der Waals surface area contributed by atoms with Crippen LogP contribution in [0.25, 0.3) is 16.8 Å². The van der Waals surface area contributed by atoms with Gasteiger partial charge in [0.2, 0.25) is 0 Å². The Morgan fingerprint density at radius 2 is 1.91 bits per heavy atom. The highest BCUT2D eigenvalue weighted by Gasteiger charge is 2.30. The summed E-state index contributed by atoms with van der Waals surface area (Å²) < 4.78 is 42.2. The molecule has 2 aromatic heterocycles. The third-order valence-electron chi connectivity index (χ3n) is 2.94. The number of benzene rings is 1. The van der Waals surface area contributed by atoms with Gasteiger partial charge in [-0.1, -0.05) is 11.8 Å². The van der Waals surface area contributed by atoms with Crippen LogP contribution in [0, 0.1) is 0 Å². The molecule has 2 heterocycles. The number of hydrogen-bond donors (Lipinski definition) is 0. The first kappa shape index (κ1) is 14.7. The molecule has 0 saturated heterocycles. The Hall–Kier alpha value is -2.22. The average molecular weight is 325 g/mol. The Morgan fingerprint density at radius 1 is 1.18 bits per heavy atom. The SMILES string of the molecule is CSc1nc(-c2ccc(OC(F)(F)F)cc2)cc2cncn12. The zero-order valence-electron chi connectivity index (χ0n) is 11.3. The van der Waals surface area contributed by atoms with Gasteiger partial charge in [-0.05, 0) is 36.6 Å². The highest BCUT2D eigenvalue weighted by molar-refractivity contribution is 7.98. The highest BCUT2D eigenvalue weighted by Crippen LogP contribution is 2.27.